The molecule has 0 atom stereocenters. The third-order valence-corrected chi connectivity index (χ3v) is 2.55. The minimum atomic E-state index is 0.00472. The highest BCUT2D eigenvalue weighted by Crippen LogP contribution is 2.08. The molecule has 0 bridgehead atoms. The number of hydrogen-bond donors (Lipinski definition) is 1. The lowest BCUT2D eigenvalue weighted by Gasteiger charge is -2.15. The van der Waals surface area contributed by atoms with Crippen molar-refractivity contribution in [3.63, 3.8) is 0 Å². The van der Waals surface area contributed by atoms with E-state index < -0.39 is 0 Å². The molecule has 4 nitrogen and oxygen atoms in total. The van der Waals surface area contributed by atoms with Crippen molar-refractivity contribution in [3.05, 3.63) is 53.6 Å². The van der Waals surface area contributed by atoms with Gasteiger partial charge in [0, 0.05) is 25.0 Å². The predicted octanol–water partition coefficient (Wildman–Crippen LogP) is 1.99. The molecule has 2 rings (SSSR count). The number of carbonyl (C=O) groups is 1. The number of hydrogen-bond acceptors (Lipinski definition) is 2. The number of aryl methyl sites for hydroxylation is 1. The van der Waals surface area contributed by atoms with E-state index in [2.05, 4.69) is 9.97 Å². The Balaban J connectivity index is 2.09. The molecule has 88 valence electrons. The lowest BCUT2D eigenvalue weighted by Crippen LogP contribution is -2.26. The monoisotopic (exact) mass is 229 g/mol. The Bertz CT molecular complexity index is 505. The molecule has 1 aromatic heterocycles. The maximum Gasteiger partial charge on any atom is 0.254 e. The van der Waals surface area contributed by atoms with Gasteiger partial charge in [-0.05, 0) is 19.1 Å². The summed E-state index contributed by atoms with van der Waals surface area (Å²) in [7, 11) is 1.77. The second kappa shape index (κ2) is 4.82. The second-order valence-electron chi connectivity index (χ2n) is 4.07. The van der Waals surface area contributed by atoms with Crippen molar-refractivity contribution >= 4 is 5.91 Å². The number of H-pyrrole nitrogens is 1. The van der Waals surface area contributed by atoms with Gasteiger partial charge in [-0.3, -0.25) is 4.79 Å². The minimum absolute atomic E-state index is 0.00472. The molecule has 1 N–H and O–H groups in total. The first-order chi connectivity index (χ1) is 8.16. The fourth-order valence-electron chi connectivity index (χ4n) is 1.68. The van der Waals surface area contributed by atoms with E-state index in [4.69, 9.17) is 0 Å². The molecule has 0 aliphatic rings. The maximum absolute atomic E-state index is 12.1. The highest BCUT2D eigenvalue weighted by molar-refractivity contribution is 5.94. The largest absolute Gasteiger partial charge is 0.347 e. The summed E-state index contributed by atoms with van der Waals surface area (Å²) in [6.45, 7) is 2.46. The third kappa shape index (κ3) is 2.72. The highest BCUT2D eigenvalue weighted by atomic mass is 16.2. The lowest BCUT2D eigenvalue weighted by molar-refractivity contribution is 0.0782. The van der Waals surface area contributed by atoms with Crippen LogP contribution in [0.5, 0.6) is 0 Å². The maximum atomic E-state index is 12.1. The Morgan fingerprint density at radius 3 is 2.94 bits per heavy atom. The number of nitrogens with one attached hydrogen (secondary N) is 1. The van der Waals surface area contributed by atoms with E-state index >= 15 is 0 Å². The zero-order chi connectivity index (χ0) is 12.3. The molecular formula is C13H15N3O. The molecule has 0 radical (unpaired) electrons. The Morgan fingerprint density at radius 2 is 2.29 bits per heavy atom. The first kappa shape index (κ1) is 11.4. The van der Waals surface area contributed by atoms with Gasteiger partial charge in [-0.1, -0.05) is 17.7 Å². The molecular weight excluding hydrogens is 214 g/mol. The predicted molar refractivity (Wildman–Crippen MR) is 65.6 cm³/mol. The van der Waals surface area contributed by atoms with Gasteiger partial charge in [-0.2, -0.15) is 0 Å². The van der Waals surface area contributed by atoms with Crippen LogP contribution >= 0.6 is 0 Å². The highest BCUT2D eigenvalue weighted by Gasteiger charge is 2.12. The summed E-state index contributed by atoms with van der Waals surface area (Å²) in [5.74, 6) is 0.790. The van der Waals surface area contributed by atoms with Gasteiger partial charge in [0.1, 0.15) is 5.82 Å². The average Bonchev–Trinajstić information content (AvgIpc) is 2.80. The van der Waals surface area contributed by atoms with Crippen LogP contribution in [0.2, 0.25) is 0 Å². The van der Waals surface area contributed by atoms with E-state index in [0.29, 0.717) is 12.1 Å². The van der Waals surface area contributed by atoms with Gasteiger partial charge >= 0.3 is 0 Å². The SMILES string of the molecule is Cc1cccc(C(=O)N(C)Cc2ncc[nH]2)c1. The summed E-state index contributed by atoms with van der Waals surface area (Å²) in [4.78, 5) is 20.8. The molecule has 0 spiro atoms. The molecule has 1 heterocycles. The van der Waals surface area contributed by atoms with E-state index in [0.717, 1.165) is 11.4 Å². The number of imidazole rings is 1. The van der Waals surface area contributed by atoms with E-state index in [9.17, 15) is 4.79 Å². The van der Waals surface area contributed by atoms with Gasteiger partial charge in [0.15, 0.2) is 0 Å². The van der Waals surface area contributed by atoms with Crippen molar-refractivity contribution in [2.75, 3.05) is 7.05 Å². The molecule has 0 unspecified atom stereocenters. The van der Waals surface area contributed by atoms with Gasteiger partial charge < -0.3 is 9.88 Å². The Kier molecular flexibility index (Phi) is 3.23. The Morgan fingerprint density at radius 1 is 1.47 bits per heavy atom. The first-order valence-corrected chi connectivity index (χ1v) is 5.47. The molecule has 2 aromatic rings. The fourth-order valence-corrected chi connectivity index (χ4v) is 1.68. The molecule has 17 heavy (non-hydrogen) atoms. The van der Waals surface area contributed by atoms with Crippen LogP contribution in [0.25, 0.3) is 0 Å². The molecule has 0 saturated heterocycles. The van der Waals surface area contributed by atoms with E-state index in [-0.39, 0.29) is 5.91 Å². The van der Waals surface area contributed by atoms with Crippen molar-refractivity contribution in [1.29, 1.82) is 0 Å². The van der Waals surface area contributed by atoms with Gasteiger partial charge in [0.2, 0.25) is 0 Å². The van der Waals surface area contributed by atoms with Crippen molar-refractivity contribution < 1.29 is 4.79 Å². The fraction of sp³-hybridized carbons (Fsp3) is 0.231. The summed E-state index contributed by atoms with van der Waals surface area (Å²) < 4.78 is 0. The summed E-state index contributed by atoms with van der Waals surface area (Å²) >= 11 is 0. The Labute approximate surface area is 100 Å². The number of amides is 1. The summed E-state index contributed by atoms with van der Waals surface area (Å²) in [5, 5.41) is 0. The summed E-state index contributed by atoms with van der Waals surface area (Å²) in [6, 6.07) is 7.58. The van der Waals surface area contributed by atoms with E-state index in [1.54, 1.807) is 24.3 Å². The number of aromatic nitrogens is 2. The zero-order valence-electron chi connectivity index (χ0n) is 9.97. The molecule has 0 aliphatic heterocycles. The normalized spacial score (nSPS) is 10.2. The van der Waals surface area contributed by atoms with Crippen LogP contribution in [0.15, 0.2) is 36.7 Å². The van der Waals surface area contributed by atoms with Crippen LogP contribution in [0.1, 0.15) is 21.7 Å². The number of carbonyl (C=O) groups excluding carboxylic acids is 1. The van der Waals surface area contributed by atoms with Crippen LogP contribution in [0.4, 0.5) is 0 Å². The van der Waals surface area contributed by atoms with Gasteiger partial charge in [0.05, 0.1) is 6.54 Å². The van der Waals surface area contributed by atoms with E-state index in [1.165, 1.54) is 0 Å². The zero-order valence-corrected chi connectivity index (χ0v) is 9.97. The van der Waals surface area contributed by atoms with Crippen molar-refractivity contribution in [2.24, 2.45) is 0 Å². The quantitative estimate of drug-likeness (QED) is 0.875. The van der Waals surface area contributed by atoms with Crippen LogP contribution in [-0.2, 0) is 6.54 Å². The van der Waals surface area contributed by atoms with Crippen LogP contribution in [-0.4, -0.2) is 27.8 Å². The molecule has 4 heteroatoms. The number of rotatable bonds is 3. The van der Waals surface area contributed by atoms with Crippen LogP contribution < -0.4 is 0 Å². The van der Waals surface area contributed by atoms with E-state index in [1.807, 2.05) is 31.2 Å². The van der Waals surface area contributed by atoms with Crippen molar-refractivity contribution in [3.8, 4) is 0 Å². The summed E-state index contributed by atoms with van der Waals surface area (Å²) in [5.41, 5.74) is 1.79. The standard InChI is InChI=1S/C13H15N3O/c1-10-4-3-5-11(8-10)13(17)16(2)9-12-14-6-7-15-12/h3-8H,9H2,1-2H3,(H,14,15). The molecule has 1 amide bonds. The van der Waals surface area contributed by atoms with Crippen LogP contribution in [0.3, 0.4) is 0 Å². The minimum Gasteiger partial charge on any atom is -0.347 e. The van der Waals surface area contributed by atoms with Crippen molar-refractivity contribution in [2.45, 2.75) is 13.5 Å². The topological polar surface area (TPSA) is 49.0 Å². The van der Waals surface area contributed by atoms with Gasteiger partial charge in [-0.15, -0.1) is 0 Å². The lowest BCUT2D eigenvalue weighted by atomic mass is 10.1. The second-order valence-corrected chi connectivity index (χ2v) is 4.07. The Hall–Kier alpha value is -2.10. The number of nitrogens with zero attached hydrogens (tertiary/aromatic N) is 2. The van der Waals surface area contributed by atoms with Crippen molar-refractivity contribution in [1.82, 2.24) is 14.9 Å². The first-order valence-electron chi connectivity index (χ1n) is 5.47. The molecule has 0 saturated carbocycles. The van der Waals surface area contributed by atoms with Gasteiger partial charge in [0.25, 0.3) is 5.91 Å². The van der Waals surface area contributed by atoms with Crippen LogP contribution in [0, 0.1) is 6.92 Å². The number of benzene rings is 1. The third-order valence-electron chi connectivity index (χ3n) is 2.55. The molecule has 0 fully saturated rings. The summed E-state index contributed by atoms with van der Waals surface area (Å²) in [6.07, 6.45) is 3.43. The smallest absolute Gasteiger partial charge is 0.254 e. The average molecular weight is 229 g/mol. The molecule has 0 aliphatic carbocycles. The molecule has 1 aromatic carbocycles. The van der Waals surface area contributed by atoms with Gasteiger partial charge in [-0.25, -0.2) is 4.98 Å². The number of aromatic amines is 1.